The summed E-state index contributed by atoms with van der Waals surface area (Å²) in [7, 11) is 0.240. The number of hydrogen-bond donors (Lipinski definition) is 3. The largest absolute Gasteiger partial charge is 0.515 e. The highest BCUT2D eigenvalue weighted by molar-refractivity contribution is 7.82. The summed E-state index contributed by atoms with van der Waals surface area (Å²) in [4.78, 5) is 0.182. The van der Waals surface area contributed by atoms with Gasteiger partial charge < -0.3 is 14.9 Å². The summed E-state index contributed by atoms with van der Waals surface area (Å²) in [6, 6.07) is 0. The zero-order chi connectivity index (χ0) is 13.8. The average molecular weight is 292 g/mol. The second kappa shape index (κ2) is 12.2. The second-order valence-corrected chi connectivity index (χ2v) is 6.98. The summed E-state index contributed by atoms with van der Waals surface area (Å²) in [6.45, 7) is 4.39. The van der Waals surface area contributed by atoms with Crippen LogP contribution in [0.4, 0.5) is 0 Å². The monoisotopic (exact) mass is 291 g/mol. The first-order valence-electron chi connectivity index (χ1n) is 6.88. The average Bonchev–Trinajstić information content (AvgIpc) is 2.35. The summed E-state index contributed by atoms with van der Waals surface area (Å²) >= 11 is 4.49. The summed E-state index contributed by atoms with van der Waals surface area (Å²) in [5.41, 5.74) is 0. The van der Waals surface area contributed by atoms with Crippen molar-refractivity contribution in [1.82, 2.24) is 0 Å². The van der Waals surface area contributed by atoms with Crippen LogP contribution in [0.25, 0.3) is 0 Å². The Balaban J connectivity index is 3.90. The van der Waals surface area contributed by atoms with E-state index in [1.54, 1.807) is 0 Å². The van der Waals surface area contributed by atoms with E-state index in [0.29, 0.717) is 6.61 Å². The van der Waals surface area contributed by atoms with E-state index in [-0.39, 0.29) is 26.0 Å². The first-order valence-corrected chi connectivity index (χ1v) is 8.47. The number of aliphatic hydroxyl groups is 2. The Bertz CT molecular complexity index is 224. The maximum atomic E-state index is 9.85. The molecule has 0 aromatic carbocycles. The van der Waals surface area contributed by atoms with Gasteiger partial charge in [-0.25, -0.2) is 0 Å². The molecule has 2 atom stereocenters. The first kappa shape index (κ1) is 18.2. The Morgan fingerprint density at radius 3 is 2.44 bits per heavy atom. The molecular formula is C13H27O3SSi. The van der Waals surface area contributed by atoms with Crippen molar-refractivity contribution in [3.8, 4) is 0 Å². The van der Waals surface area contributed by atoms with Crippen LogP contribution >= 0.6 is 12.6 Å². The molecule has 0 rings (SSSR count). The minimum absolute atomic E-state index is 0.163. The van der Waals surface area contributed by atoms with Gasteiger partial charge in [-0.05, 0) is 13.3 Å². The zero-order valence-electron chi connectivity index (χ0n) is 11.6. The van der Waals surface area contributed by atoms with E-state index in [0.717, 1.165) is 12.8 Å². The van der Waals surface area contributed by atoms with Crippen LogP contribution in [0.15, 0.2) is 0 Å². The fraction of sp³-hybridized carbons (Fsp3) is 0.923. The Labute approximate surface area is 119 Å². The van der Waals surface area contributed by atoms with Crippen LogP contribution in [0.5, 0.6) is 0 Å². The quantitative estimate of drug-likeness (QED) is 0.311. The van der Waals surface area contributed by atoms with Crippen LogP contribution in [0.3, 0.4) is 0 Å². The van der Waals surface area contributed by atoms with Gasteiger partial charge in [-0.1, -0.05) is 39.0 Å². The van der Waals surface area contributed by atoms with Gasteiger partial charge in [0.25, 0.3) is 0 Å². The molecule has 0 aromatic rings. The second-order valence-electron chi connectivity index (χ2n) is 4.37. The van der Waals surface area contributed by atoms with Gasteiger partial charge in [0.1, 0.15) is 6.10 Å². The van der Waals surface area contributed by atoms with E-state index in [1.165, 1.54) is 25.7 Å². The van der Waals surface area contributed by atoms with Crippen LogP contribution in [-0.2, 0) is 4.74 Å². The van der Waals surface area contributed by atoms with E-state index < -0.39 is 6.10 Å². The molecule has 0 aliphatic carbocycles. The van der Waals surface area contributed by atoms with E-state index in [2.05, 4.69) is 19.6 Å². The van der Waals surface area contributed by atoms with Crippen molar-refractivity contribution in [2.24, 2.45) is 0 Å². The van der Waals surface area contributed by atoms with E-state index in [4.69, 9.17) is 9.84 Å². The first-order chi connectivity index (χ1) is 8.65. The predicted molar refractivity (Wildman–Crippen MR) is 81.3 cm³/mol. The lowest BCUT2D eigenvalue weighted by molar-refractivity contribution is 0.0545. The molecule has 107 valence electrons. The third-order valence-corrected chi connectivity index (χ3v) is 4.62. The third-order valence-electron chi connectivity index (χ3n) is 2.73. The van der Waals surface area contributed by atoms with Gasteiger partial charge in [-0.15, -0.1) is 0 Å². The molecule has 0 saturated heterocycles. The van der Waals surface area contributed by atoms with Crippen molar-refractivity contribution in [1.29, 1.82) is 0 Å². The van der Waals surface area contributed by atoms with Gasteiger partial charge in [-0.2, -0.15) is 12.6 Å². The van der Waals surface area contributed by atoms with Gasteiger partial charge in [0.15, 0.2) is 0 Å². The molecule has 0 aliphatic rings. The normalized spacial score (nSPS) is 15.7. The van der Waals surface area contributed by atoms with Crippen molar-refractivity contribution in [2.45, 2.75) is 63.3 Å². The van der Waals surface area contributed by atoms with Crippen LogP contribution in [0.1, 0.15) is 52.4 Å². The van der Waals surface area contributed by atoms with Gasteiger partial charge in [-0.3, -0.25) is 0 Å². The number of thiol groups is 1. The Morgan fingerprint density at radius 2 is 1.89 bits per heavy atom. The predicted octanol–water partition coefficient (Wildman–Crippen LogP) is 2.21. The molecule has 0 aliphatic heterocycles. The standard InChI is InChI=1S/C13H27O3SSi/c1-3-5-6-7-8-9-12(17)18-13(15)11(10-14)16-4-2/h11-12,14-15,17H,3-10H2,1-2H3. The van der Waals surface area contributed by atoms with Crippen molar-refractivity contribution in [3.63, 3.8) is 0 Å². The van der Waals surface area contributed by atoms with Gasteiger partial charge in [0.05, 0.1) is 21.1 Å². The van der Waals surface area contributed by atoms with Crippen LogP contribution in [0, 0.1) is 0 Å². The van der Waals surface area contributed by atoms with Crippen molar-refractivity contribution in [3.05, 3.63) is 0 Å². The van der Waals surface area contributed by atoms with E-state index >= 15 is 0 Å². The van der Waals surface area contributed by atoms with Gasteiger partial charge in [0, 0.05) is 11.5 Å². The molecule has 0 saturated carbocycles. The summed E-state index contributed by atoms with van der Waals surface area (Å²) in [6.07, 6.45) is 6.72. The SMILES string of the molecule is CCCCCCCC(S)[Si]=C(O)C(CO)OCC. The molecule has 0 spiro atoms. The molecule has 0 aromatic heterocycles. The number of rotatable bonds is 11. The van der Waals surface area contributed by atoms with Crippen LogP contribution in [0.2, 0.25) is 0 Å². The lowest BCUT2D eigenvalue weighted by atomic mass is 10.1. The number of unbranched alkanes of at least 4 members (excludes halogenated alkanes) is 4. The van der Waals surface area contributed by atoms with Gasteiger partial charge in [0.2, 0.25) is 0 Å². The molecule has 3 nitrogen and oxygen atoms in total. The van der Waals surface area contributed by atoms with E-state index in [9.17, 15) is 5.11 Å². The highest BCUT2D eigenvalue weighted by Gasteiger charge is 2.13. The summed E-state index contributed by atoms with van der Waals surface area (Å²) in [5.74, 6) is 0. The van der Waals surface area contributed by atoms with Crippen LogP contribution in [-0.4, -0.2) is 48.9 Å². The number of aliphatic hydroxyl groups excluding tert-OH is 2. The molecule has 2 unspecified atom stereocenters. The minimum atomic E-state index is -0.539. The third kappa shape index (κ3) is 9.14. The molecule has 18 heavy (non-hydrogen) atoms. The molecule has 0 bridgehead atoms. The Hall–Kier alpha value is 0.157. The molecule has 5 heteroatoms. The molecule has 1 radical (unpaired) electrons. The smallest absolute Gasteiger partial charge is 0.132 e. The molecule has 0 amide bonds. The Morgan fingerprint density at radius 1 is 1.22 bits per heavy atom. The van der Waals surface area contributed by atoms with Gasteiger partial charge >= 0.3 is 0 Å². The van der Waals surface area contributed by atoms with Crippen molar-refractivity contribution < 1.29 is 14.9 Å². The molecule has 0 heterocycles. The fourth-order valence-electron chi connectivity index (χ4n) is 1.70. The molecule has 2 N–H and O–H groups in total. The molecule has 0 fully saturated rings. The minimum Gasteiger partial charge on any atom is -0.515 e. The summed E-state index contributed by atoms with van der Waals surface area (Å²) < 4.78 is 5.25. The highest BCUT2D eigenvalue weighted by Crippen LogP contribution is 2.09. The van der Waals surface area contributed by atoms with Crippen molar-refractivity contribution in [2.75, 3.05) is 13.2 Å². The topological polar surface area (TPSA) is 49.7 Å². The van der Waals surface area contributed by atoms with Crippen LogP contribution < -0.4 is 0 Å². The Kier molecular flexibility index (Phi) is 12.3. The number of ether oxygens (including phenoxy) is 1. The van der Waals surface area contributed by atoms with Crippen molar-refractivity contribution >= 4 is 27.1 Å². The lowest BCUT2D eigenvalue weighted by Gasteiger charge is -2.15. The highest BCUT2D eigenvalue weighted by atomic mass is 32.1. The summed E-state index contributed by atoms with van der Waals surface area (Å²) in [5, 5.41) is 19.2. The molecular weight excluding hydrogens is 264 g/mol. The zero-order valence-corrected chi connectivity index (χ0v) is 13.5. The number of hydrogen-bond acceptors (Lipinski definition) is 4. The maximum Gasteiger partial charge on any atom is 0.132 e. The maximum absolute atomic E-state index is 9.85. The fourth-order valence-corrected chi connectivity index (χ4v) is 3.33. The lowest BCUT2D eigenvalue weighted by Crippen LogP contribution is -2.32. The van der Waals surface area contributed by atoms with E-state index in [1.807, 2.05) is 6.92 Å².